The molecular weight excluding hydrogens is 935 g/mol. The molecule has 0 aromatic heterocycles. The Labute approximate surface area is 463 Å². The maximum absolute atomic E-state index is 12.9. The lowest BCUT2D eigenvalue weighted by Crippen LogP contribution is -2.40. The SMILES string of the molecule is CC/C=C\C/C=C\C/C=C\C/C=C\CCCCCCCCC(=O)OC(COC(=O)CCCCCCCCCCCCCCCCCCCCCCCCCCCCCCCCC)COC(OCC[N+](C)(C)C)C(=O)O. The zero-order chi connectivity index (χ0) is 54.8. The summed E-state index contributed by atoms with van der Waals surface area (Å²) in [6, 6.07) is 0. The minimum atomic E-state index is -1.51. The Kier molecular flexibility index (Phi) is 55.3. The van der Waals surface area contributed by atoms with E-state index in [-0.39, 0.29) is 32.2 Å². The number of esters is 2. The number of carbonyl (C=O) groups is 3. The third-order valence-corrected chi connectivity index (χ3v) is 14.1. The molecule has 0 amide bonds. The number of likely N-dealkylation sites (N-methyl/N-ethyl adjacent to an activating group) is 1. The number of unbranched alkanes of at least 4 members (excludes halogenated alkanes) is 36. The lowest BCUT2D eigenvalue weighted by Gasteiger charge is -2.25. The highest BCUT2D eigenvalue weighted by Gasteiger charge is 2.25. The summed E-state index contributed by atoms with van der Waals surface area (Å²) in [6.07, 6.45) is 69.3. The third kappa shape index (κ3) is 58.8. The summed E-state index contributed by atoms with van der Waals surface area (Å²) in [5.41, 5.74) is 0. The quantitative estimate of drug-likeness (QED) is 0.0211. The zero-order valence-corrected chi connectivity index (χ0v) is 50.0. The first-order chi connectivity index (χ1) is 36.6. The van der Waals surface area contributed by atoms with Gasteiger partial charge in [-0.2, -0.15) is 0 Å². The van der Waals surface area contributed by atoms with Crippen LogP contribution in [0.2, 0.25) is 0 Å². The molecule has 2 atom stereocenters. The number of carbonyl (C=O) groups excluding carboxylic acids is 2. The molecule has 0 aromatic rings. The first kappa shape index (κ1) is 72.2. The highest BCUT2D eigenvalue weighted by molar-refractivity contribution is 5.71. The maximum Gasteiger partial charge on any atom is 0.361 e. The van der Waals surface area contributed by atoms with Crippen molar-refractivity contribution >= 4 is 17.9 Å². The van der Waals surface area contributed by atoms with Crippen LogP contribution in [-0.4, -0.2) is 87.4 Å². The zero-order valence-electron chi connectivity index (χ0n) is 50.0. The first-order valence-corrected chi connectivity index (χ1v) is 31.8. The van der Waals surface area contributed by atoms with E-state index in [1.165, 1.54) is 180 Å². The minimum Gasteiger partial charge on any atom is -0.477 e. The number of aliphatic carboxylic acids is 1. The second-order valence-corrected chi connectivity index (χ2v) is 22.7. The molecule has 0 spiro atoms. The van der Waals surface area contributed by atoms with Gasteiger partial charge in [-0.05, 0) is 51.4 Å². The summed E-state index contributed by atoms with van der Waals surface area (Å²) in [4.78, 5) is 37.5. The van der Waals surface area contributed by atoms with E-state index in [0.29, 0.717) is 23.9 Å². The van der Waals surface area contributed by atoms with Gasteiger partial charge in [0.1, 0.15) is 13.2 Å². The van der Waals surface area contributed by atoms with E-state index in [2.05, 4.69) is 62.5 Å². The normalized spacial score (nSPS) is 13.0. The van der Waals surface area contributed by atoms with Gasteiger partial charge in [0.05, 0.1) is 34.4 Å². The van der Waals surface area contributed by atoms with Gasteiger partial charge in [0.15, 0.2) is 6.10 Å². The van der Waals surface area contributed by atoms with Crippen LogP contribution in [0.15, 0.2) is 48.6 Å². The van der Waals surface area contributed by atoms with Crippen molar-refractivity contribution in [3.63, 3.8) is 0 Å². The van der Waals surface area contributed by atoms with Crippen LogP contribution in [0.1, 0.15) is 296 Å². The number of hydrogen-bond acceptors (Lipinski definition) is 7. The molecule has 0 radical (unpaired) electrons. The molecule has 0 bridgehead atoms. The van der Waals surface area contributed by atoms with E-state index in [1.807, 2.05) is 21.1 Å². The molecule has 9 heteroatoms. The summed E-state index contributed by atoms with van der Waals surface area (Å²) in [7, 11) is 5.97. The molecule has 0 aliphatic rings. The van der Waals surface area contributed by atoms with Crippen LogP contribution in [0.25, 0.3) is 0 Å². The summed E-state index contributed by atoms with van der Waals surface area (Å²) >= 11 is 0. The maximum atomic E-state index is 12.9. The van der Waals surface area contributed by atoms with E-state index >= 15 is 0 Å². The van der Waals surface area contributed by atoms with Crippen molar-refractivity contribution in [3.8, 4) is 0 Å². The molecule has 0 fully saturated rings. The number of ether oxygens (including phenoxy) is 4. The van der Waals surface area contributed by atoms with Crippen molar-refractivity contribution in [2.45, 2.75) is 309 Å². The number of carboxylic acids is 1. The number of nitrogens with zero attached hydrogens (tertiary/aromatic N) is 1. The van der Waals surface area contributed by atoms with Crippen molar-refractivity contribution in [1.29, 1.82) is 0 Å². The Hall–Kier alpha value is -2.75. The molecule has 0 saturated carbocycles. The smallest absolute Gasteiger partial charge is 0.361 e. The number of hydrogen-bond donors (Lipinski definition) is 1. The Balaban J connectivity index is 4.09. The Morgan fingerprint density at radius 2 is 0.760 bits per heavy atom. The van der Waals surface area contributed by atoms with E-state index < -0.39 is 24.3 Å². The van der Waals surface area contributed by atoms with Crippen LogP contribution < -0.4 is 0 Å². The molecule has 0 aliphatic heterocycles. The summed E-state index contributed by atoms with van der Waals surface area (Å²) < 4.78 is 22.9. The van der Waals surface area contributed by atoms with Crippen LogP contribution in [0.5, 0.6) is 0 Å². The first-order valence-electron chi connectivity index (χ1n) is 31.8. The monoisotopic (exact) mass is 1060 g/mol. The van der Waals surface area contributed by atoms with Gasteiger partial charge in [-0.25, -0.2) is 4.79 Å². The number of rotatable bonds is 59. The fourth-order valence-electron chi connectivity index (χ4n) is 9.24. The van der Waals surface area contributed by atoms with E-state index in [0.717, 1.165) is 83.5 Å². The standard InChI is InChI=1S/C66H121NO8/c1-6-8-10-12-14-16-18-20-22-24-26-27-28-29-30-31-32-33-34-35-36-37-39-40-42-44-46-48-50-52-54-56-63(68)73-60-62(61-74-66(65(70)71)72-59-58-67(3,4)5)75-64(69)57-55-53-51-49-47-45-43-41-38-25-23-21-19-17-15-13-11-9-7-2/h9,11,15,17,21,23,38,41,62,66H,6-8,10,12-14,16,18-20,22,24-37,39-40,42-61H2,1-5H3/p+1/b11-9-,17-15-,23-21-,41-38-. The molecule has 0 aromatic carbocycles. The highest BCUT2D eigenvalue weighted by atomic mass is 16.7. The fraction of sp³-hybridized carbons (Fsp3) is 0.833. The second kappa shape index (κ2) is 57.4. The Bertz CT molecular complexity index is 1370. The van der Waals surface area contributed by atoms with Crippen molar-refractivity contribution in [1.82, 2.24) is 0 Å². The Morgan fingerprint density at radius 3 is 1.13 bits per heavy atom. The molecule has 1 N–H and O–H groups in total. The number of allylic oxidation sites excluding steroid dienone is 8. The molecule has 2 unspecified atom stereocenters. The lowest BCUT2D eigenvalue weighted by molar-refractivity contribution is -0.870. The van der Waals surface area contributed by atoms with Gasteiger partial charge in [-0.3, -0.25) is 9.59 Å². The van der Waals surface area contributed by atoms with Gasteiger partial charge in [0, 0.05) is 12.8 Å². The van der Waals surface area contributed by atoms with Gasteiger partial charge in [-0.1, -0.05) is 281 Å². The largest absolute Gasteiger partial charge is 0.477 e. The Morgan fingerprint density at radius 1 is 0.413 bits per heavy atom. The molecule has 0 rings (SSSR count). The van der Waals surface area contributed by atoms with E-state index in [4.69, 9.17) is 18.9 Å². The van der Waals surface area contributed by atoms with Crippen LogP contribution in [-0.2, 0) is 33.3 Å². The molecule has 9 nitrogen and oxygen atoms in total. The van der Waals surface area contributed by atoms with Crippen molar-refractivity contribution in [2.24, 2.45) is 0 Å². The van der Waals surface area contributed by atoms with Crippen LogP contribution >= 0.6 is 0 Å². The number of quaternary nitrogens is 1. The van der Waals surface area contributed by atoms with E-state index in [9.17, 15) is 19.5 Å². The lowest BCUT2D eigenvalue weighted by atomic mass is 10.0. The van der Waals surface area contributed by atoms with Crippen LogP contribution in [0, 0.1) is 0 Å². The average molecular weight is 1060 g/mol. The fourth-order valence-corrected chi connectivity index (χ4v) is 9.24. The number of carboxylic acid groups (broad SMARTS) is 1. The van der Waals surface area contributed by atoms with Gasteiger partial charge in [0.2, 0.25) is 0 Å². The van der Waals surface area contributed by atoms with Crippen molar-refractivity contribution in [2.75, 3.05) is 47.5 Å². The van der Waals surface area contributed by atoms with Crippen molar-refractivity contribution < 1.29 is 42.9 Å². The summed E-state index contributed by atoms with van der Waals surface area (Å²) in [5, 5.41) is 9.71. The van der Waals surface area contributed by atoms with Crippen LogP contribution in [0.4, 0.5) is 0 Å². The molecule has 0 aliphatic carbocycles. The third-order valence-electron chi connectivity index (χ3n) is 14.1. The van der Waals surface area contributed by atoms with Gasteiger partial charge in [0.25, 0.3) is 6.29 Å². The highest BCUT2D eigenvalue weighted by Crippen LogP contribution is 2.18. The molecule has 0 saturated heterocycles. The predicted molar refractivity (Wildman–Crippen MR) is 318 cm³/mol. The van der Waals surface area contributed by atoms with Crippen LogP contribution in [0.3, 0.4) is 0 Å². The second-order valence-electron chi connectivity index (χ2n) is 22.7. The molecule has 75 heavy (non-hydrogen) atoms. The van der Waals surface area contributed by atoms with Crippen molar-refractivity contribution in [3.05, 3.63) is 48.6 Å². The average Bonchev–Trinajstić information content (AvgIpc) is 3.38. The predicted octanol–water partition coefficient (Wildman–Crippen LogP) is 19.0. The van der Waals surface area contributed by atoms with Gasteiger partial charge in [-0.15, -0.1) is 0 Å². The minimum absolute atomic E-state index is 0.185. The van der Waals surface area contributed by atoms with E-state index in [1.54, 1.807) is 0 Å². The summed E-state index contributed by atoms with van der Waals surface area (Å²) in [6.45, 7) is 4.79. The van der Waals surface area contributed by atoms with Gasteiger partial charge < -0.3 is 28.5 Å². The summed E-state index contributed by atoms with van der Waals surface area (Å²) in [5.74, 6) is -2.01. The molecule has 438 valence electrons. The molecular formula is C66H122NO8+. The van der Waals surface area contributed by atoms with Gasteiger partial charge >= 0.3 is 17.9 Å². The molecule has 0 heterocycles. The topological polar surface area (TPSA) is 108 Å².